The minimum absolute atomic E-state index is 0.163. The zero-order chi connectivity index (χ0) is 19.9. The molecule has 0 bridgehead atoms. The predicted molar refractivity (Wildman–Crippen MR) is 105 cm³/mol. The molecule has 1 heterocycles. The number of nitrogens with zero attached hydrogens (tertiary/aromatic N) is 1. The summed E-state index contributed by atoms with van der Waals surface area (Å²) in [7, 11) is 1.36. The molecule has 8 heteroatoms. The van der Waals surface area contributed by atoms with Gasteiger partial charge in [-0.05, 0) is 43.9 Å². The van der Waals surface area contributed by atoms with Gasteiger partial charge in [-0.3, -0.25) is 9.59 Å². The molecular formula is C20H20Cl2N2O4. The van der Waals surface area contributed by atoms with Crippen LogP contribution in [0.4, 0.5) is 0 Å². The van der Waals surface area contributed by atoms with Crippen molar-refractivity contribution in [1.29, 1.82) is 0 Å². The van der Waals surface area contributed by atoms with Crippen LogP contribution in [0.15, 0.2) is 35.5 Å². The molecule has 0 saturated heterocycles. The van der Waals surface area contributed by atoms with E-state index >= 15 is 0 Å². The molecule has 1 aromatic rings. The number of carbonyl (C=O) groups is 2. The van der Waals surface area contributed by atoms with Gasteiger partial charge in [0.15, 0.2) is 0 Å². The summed E-state index contributed by atoms with van der Waals surface area (Å²) in [5, 5.41) is 8.26. The fourth-order valence-electron chi connectivity index (χ4n) is 4.33. The highest BCUT2D eigenvalue weighted by molar-refractivity contribution is 6.35. The topological polar surface area (TPSA) is 77.0 Å². The fraction of sp³-hybridized carbons (Fsp3) is 0.450. The molecule has 1 N–H and O–H groups in total. The Morgan fingerprint density at radius 2 is 2.00 bits per heavy atom. The van der Waals surface area contributed by atoms with Gasteiger partial charge in [-0.1, -0.05) is 40.5 Å². The highest BCUT2D eigenvalue weighted by atomic mass is 35.5. The number of halogens is 2. The van der Waals surface area contributed by atoms with Gasteiger partial charge in [0.05, 0.1) is 24.7 Å². The van der Waals surface area contributed by atoms with Gasteiger partial charge in [-0.2, -0.15) is 0 Å². The standard InChI is InChI=1S/C20H20Cl2N2O4/c1-27-18(25)11-4-5-15(9-11)23-19(26)20-6-2-3-16(20)17(24-28-20)12-7-13(21)10-14(22)8-12/h4-5,7-8,10-11,15-16H,2-3,6,9H2,1H3,(H,23,26)/t11-,15+,16?,20?/m1/s1. The molecule has 4 rings (SSSR count). The second-order valence-electron chi connectivity index (χ2n) is 7.39. The van der Waals surface area contributed by atoms with Gasteiger partial charge in [-0.15, -0.1) is 0 Å². The molecule has 1 aromatic carbocycles. The van der Waals surface area contributed by atoms with Gasteiger partial charge in [0.2, 0.25) is 5.60 Å². The Balaban J connectivity index is 1.50. The van der Waals surface area contributed by atoms with Gasteiger partial charge in [0.25, 0.3) is 5.91 Å². The average molecular weight is 423 g/mol. The van der Waals surface area contributed by atoms with Crippen LogP contribution in [0.3, 0.4) is 0 Å². The van der Waals surface area contributed by atoms with E-state index in [1.165, 1.54) is 7.11 Å². The summed E-state index contributed by atoms with van der Waals surface area (Å²) in [6.45, 7) is 0. The molecule has 4 atom stereocenters. The summed E-state index contributed by atoms with van der Waals surface area (Å²) >= 11 is 12.3. The summed E-state index contributed by atoms with van der Waals surface area (Å²) in [6.07, 6.45) is 6.32. The molecule has 1 fully saturated rings. The Bertz CT molecular complexity index is 865. The number of nitrogens with one attached hydrogen (secondary N) is 1. The minimum atomic E-state index is -1.03. The SMILES string of the molecule is COC(=O)[C@@H]1C=C[C@H](NC(=O)C23CCCC2C(c2cc(Cl)cc(Cl)c2)=NO3)C1. The first-order chi connectivity index (χ1) is 13.4. The van der Waals surface area contributed by atoms with E-state index in [0.29, 0.717) is 28.6 Å². The van der Waals surface area contributed by atoms with Gasteiger partial charge in [0, 0.05) is 21.7 Å². The van der Waals surface area contributed by atoms with Crippen molar-refractivity contribution in [2.24, 2.45) is 17.0 Å². The lowest BCUT2D eigenvalue weighted by Crippen LogP contribution is -2.52. The third-order valence-corrected chi connectivity index (χ3v) is 6.12. The monoisotopic (exact) mass is 422 g/mol. The van der Waals surface area contributed by atoms with Crippen LogP contribution in [-0.4, -0.2) is 36.3 Å². The summed E-state index contributed by atoms with van der Waals surface area (Å²) in [5.74, 6) is -1.01. The molecule has 2 unspecified atom stereocenters. The fourth-order valence-corrected chi connectivity index (χ4v) is 4.85. The van der Waals surface area contributed by atoms with Crippen molar-refractivity contribution in [3.05, 3.63) is 46.0 Å². The number of esters is 1. The predicted octanol–water partition coefficient (Wildman–Crippen LogP) is 3.50. The van der Waals surface area contributed by atoms with E-state index < -0.39 is 5.60 Å². The number of hydrogen-bond acceptors (Lipinski definition) is 5. The Hall–Kier alpha value is -2.05. The number of hydrogen-bond donors (Lipinski definition) is 1. The first-order valence-electron chi connectivity index (χ1n) is 9.22. The molecule has 0 radical (unpaired) electrons. The van der Waals surface area contributed by atoms with E-state index in [1.54, 1.807) is 24.3 Å². The van der Waals surface area contributed by atoms with Crippen LogP contribution >= 0.6 is 23.2 Å². The van der Waals surface area contributed by atoms with Crippen molar-refractivity contribution in [1.82, 2.24) is 5.32 Å². The Labute approximate surface area is 172 Å². The van der Waals surface area contributed by atoms with Crippen molar-refractivity contribution in [3.8, 4) is 0 Å². The molecule has 1 aliphatic heterocycles. The number of benzene rings is 1. The van der Waals surface area contributed by atoms with Crippen molar-refractivity contribution in [3.63, 3.8) is 0 Å². The van der Waals surface area contributed by atoms with Crippen molar-refractivity contribution < 1.29 is 19.2 Å². The van der Waals surface area contributed by atoms with Crippen molar-refractivity contribution in [2.75, 3.05) is 7.11 Å². The lowest BCUT2D eigenvalue weighted by Gasteiger charge is -2.27. The molecule has 0 aromatic heterocycles. The van der Waals surface area contributed by atoms with E-state index in [1.807, 2.05) is 6.08 Å². The first-order valence-corrected chi connectivity index (χ1v) is 9.98. The van der Waals surface area contributed by atoms with Crippen LogP contribution in [0.25, 0.3) is 0 Å². The highest BCUT2D eigenvalue weighted by Crippen LogP contribution is 2.46. The van der Waals surface area contributed by atoms with E-state index in [2.05, 4.69) is 10.5 Å². The Morgan fingerprint density at radius 3 is 2.71 bits per heavy atom. The van der Waals surface area contributed by atoms with E-state index in [4.69, 9.17) is 32.8 Å². The number of oxime groups is 1. The number of ether oxygens (including phenoxy) is 1. The maximum absolute atomic E-state index is 13.1. The van der Waals surface area contributed by atoms with Gasteiger partial charge in [0.1, 0.15) is 0 Å². The summed E-state index contributed by atoms with van der Waals surface area (Å²) in [4.78, 5) is 30.6. The molecule has 1 amide bonds. The number of amides is 1. The summed E-state index contributed by atoms with van der Waals surface area (Å²) in [6, 6.07) is 4.98. The molecule has 148 valence electrons. The molecule has 1 saturated carbocycles. The van der Waals surface area contributed by atoms with Crippen LogP contribution in [-0.2, 0) is 19.2 Å². The number of carbonyl (C=O) groups excluding carboxylic acids is 2. The van der Waals surface area contributed by atoms with Gasteiger partial charge < -0.3 is 14.9 Å². The van der Waals surface area contributed by atoms with Crippen LogP contribution in [0.5, 0.6) is 0 Å². The van der Waals surface area contributed by atoms with Crippen molar-refractivity contribution in [2.45, 2.75) is 37.3 Å². The van der Waals surface area contributed by atoms with Crippen molar-refractivity contribution >= 4 is 40.8 Å². The zero-order valence-corrected chi connectivity index (χ0v) is 16.8. The zero-order valence-electron chi connectivity index (χ0n) is 15.3. The molecule has 0 spiro atoms. The first kappa shape index (κ1) is 19.3. The maximum Gasteiger partial charge on any atom is 0.312 e. The second kappa shape index (κ2) is 7.41. The molecule has 28 heavy (non-hydrogen) atoms. The summed E-state index contributed by atoms with van der Waals surface area (Å²) < 4.78 is 4.77. The molecule has 3 aliphatic rings. The van der Waals surface area contributed by atoms with Crippen LogP contribution in [0, 0.1) is 11.8 Å². The molecule has 6 nitrogen and oxygen atoms in total. The molecular weight excluding hydrogens is 403 g/mol. The van der Waals surface area contributed by atoms with Gasteiger partial charge in [-0.25, -0.2) is 0 Å². The lowest BCUT2D eigenvalue weighted by atomic mass is 9.84. The third kappa shape index (κ3) is 3.29. The highest BCUT2D eigenvalue weighted by Gasteiger charge is 2.58. The second-order valence-corrected chi connectivity index (χ2v) is 8.26. The minimum Gasteiger partial charge on any atom is -0.469 e. The average Bonchev–Trinajstić information content (AvgIpc) is 3.35. The van der Waals surface area contributed by atoms with E-state index in [9.17, 15) is 9.59 Å². The quantitative estimate of drug-likeness (QED) is 0.594. The van der Waals surface area contributed by atoms with Crippen LogP contribution < -0.4 is 5.32 Å². The molecule has 2 aliphatic carbocycles. The Morgan fingerprint density at radius 1 is 1.25 bits per heavy atom. The number of methoxy groups -OCH3 is 1. The third-order valence-electron chi connectivity index (χ3n) is 5.69. The lowest BCUT2D eigenvalue weighted by molar-refractivity contribution is -0.147. The van der Waals surface area contributed by atoms with Gasteiger partial charge >= 0.3 is 5.97 Å². The number of fused-ring (bicyclic) bond motifs is 1. The largest absolute Gasteiger partial charge is 0.469 e. The normalized spacial score (nSPS) is 30.5. The van der Waals surface area contributed by atoms with E-state index in [0.717, 1.165) is 18.4 Å². The smallest absolute Gasteiger partial charge is 0.312 e. The summed E-state index contributed by atoms with van der Waals surface area (Å²) in [5.41, 5.74) is 0.443. The number of rotatable bonds is 4. The maximum atomic E-state index is 13.1. The Kier molecular flexibility index (Phi) is 5.10. The van der Waals surface area contributed by atoms with Crippen LogP contribution in [0.2, 0.25) is 10.0 Å². The van der Waals surface area contributed by atoms with Crippen LogP contribution in [0.1, 0.15) is 31.2 Å². The van der Waals surface area contributed by atoms with E-state index in [-0.39, 0.29) is 29.8 Å².